The molecule has 1 amide bonds. The summed E-state index contributed by atoms with van der Waals surface area (Å²) in [5, 5.41) is 11.7. The molecule has 3 aromatic rings. The van der Waals surface area contributed by atoms with E-state index >= 15 is 0 Å². The zero-order valence-electron chi connectivity index (χ0n) is 18.5. The van der Waals surface area contributed by atoms with E-state index in [1.54, 1.807) is 5.01 Å². The van der Waals surface area contributed by atoms with Crippen molar-refractivity contribution in [3.63, 3.8) is 0 Å². The quantitative estimate of drug-likeness (QED) is 0.639. The van der Waals surface area contributed by atoms with Crippen LogP contribution in [0.1, 0.15) is 29.8 Å². The molecule has 3 aromatic carbocycles. The van der Waals surface area contributed by atoms with Gasteiger partial charge in [0, 0.05) is 11.0 Å². The fraction of sp³-hybridized carbons (Fsp3) is 0.192. The number of amidine groups is 1. The van der Waals surface area contributed by atoms with Crippen LogP contribution in [0, 0.1) is 6.92 Å². The van der Waals surface area contributed by atoms with Crippen LogP contribution in [0.3, 0.4) is 0 Å². The fourth-order valence-electron chi connectivity index (χ4n) is 3.99. The van der Waals surface area contributed by atoms with Gasteiger partial charge in [0.2, 0.25) is 0 Å². The molecule has 0 spiro atoms. The summed E-state index contributed by atoms with van der Waals surface area (Å²) in [7, 11) is 0. The van der Waals surface area contributed by atoms with Crippen LogP contribution in [-0.4, -0.2) is 22.7 Å². The van der Waals surface area contributed by atoms with E-state index in [-0.39, 0.29) is 5.91 Å². The third kappa shape index (κ3) is 4.24. The Labute approximate surface area is 196 Å². The third-order valence-electron chi connectivity index (χ3n) is 5.53. The van der Waals surface area contributed by atoms with Gasteiger partial charge < -0.3 is 4.74 Å². The number of thioether (sulfide) groups is 1. The number of benzene rings is 3. The van der Waals surface area contributed by atoms with Gasteiger partial charge in [-0.1, -0.05) is 66.4 Å². The van der Waals surface area contributed by atoms with Crippen LogP contribution in [-0.2, 0) is 10.5 Å². The molecule has 33 heavy (non-hydrogen) atoms. The van der Waals surface area contributed by atoms with Gasteiger partial charge in [-0.25, -0.2) is 5.01 Å². The van der Waals surface area contributed by atoms with Crippen molar-refractivity contribution in [1.29, 1.82) is 0 Å². The Balaban J connectivity index is 1.56. The van der Waals surface area contributed by atoms with Crippen LogP contribution in [0.4, 0.5) is 0 Å². The van der Waals surface area contributed by atoms with E-state index in [0.29, 0.717) is 23.2 Å². The number of hydrazone groups is 1. The highest BCUT2D eigenvalue weighted by molar-refractivity contribution is 8.13. The molecule has 2 aliphatic heterocycles. The maximum Gasteiger partial charge on any atom is 0.276 e. The summed E-state index contributed by atoms with van der Waals surface area (Å²) in [5.74, 6) is 1.39. The minimum Gasteiger partial charge on any atom is -0.494 e. The molecule has 0 saturated heterocycles. The average Bonchev–Trinajstić information content (AvgIpc) is 2.84. The predicted molar refractivity (Wildman–Crippen MR) is 131 cm³/mol. The van der Waals surface area contributed by atoms with E-state index in [1.807, 2.05) is 68.4 Å². The molecule has 2 aliphatic rings. The number of amides is 1. The smallest absolute Gasteiger partial charge is 0.276 e. The normalized spacial score (nSPS) is 16.8. The van der Waals surface area contributed by atoms with E-state index in [1.165, 1.54) is 17.3 Å². The van der Waals surface area contributed by atoms with E-state index in [0.717, 1.165) is 27.5 Å². The third-order valence-corrected chi connectivity index (χ3v) is 6.47. The van der Waals surface area contributed by atoms with Crippen LogP contribution in [0.2, 0.25) is 0 Å². The maximum atomic E-state index is 13.3. The number of aryl methyl sites for hydroxylation is 1. The summed E-state index contributed by atoms with van der Waals surface area (Å²) in [4.78, 5) is 18.2. The first-order chi connectivity index (χ1) is 16.1. The van der Waals surface area contributed by atoms with Gasteiger partial charge in [-0.05, 0) is 48.7 Å². The lowest BCUT2D eigenvalue weighted by molar-refractivity contribution is -0.116. The van der Waals surface area contributed by atoms with Gasteiger partial charge >= 0.3 is 0 Å². The lowest BCUT2D eigenvalue weighted by atomic mass is 10.1. The molecule has 0 radical (unpaired) electrons. The van der Waals surface area contributed by atoms with Crippen LogP contribution < -0.4 is 20.6 Å². The zero-order chi connectivity index (χ0) is 22.8. The molecule has 166 valence electrons. The van der Waals surface area contributed by atoms with Crippen molar-refractivity contribution in [2.45, 2.75) is 25.8 Å². The summed E-state index contributed by atoms with van der Waals surface area (Å²) >= 11 is 1.50. The number of ether oxygens (including phenoxy) is 1. The molecule has 7 heteroatoms. The molecule has 1 atom stereocenters. The van der Waals surface area contributed by atoms with E-state index < -0.39 is 6.17 Å². The number of hydrogen-bond donors (Lipinski definition) is 1. The minimum atomic E-state index is -0.442. The lowest BCUT2D eigenvalue weighted by Crippen LogP contribution is -2.50. The number of para-hydroxylation sites is 1. The monoisotopic (exact) mass is 456 g/mol. The van der Waals surface area contributed by atoms with Crippen molar-refractivity contribution in [1.82, 2.24) is 10.3 Å². The Morgan fingerprint density at radius 2 is 1.85 bits per heavy atom. The second-order valence-electron chi connectivity index (χ2n) is 7.80. The number of carbonyl (C=O) groups excluding carboxylic acids is 1. The van der Waals surface area contributed by atoms with Gasteiger partial charge in [0.15, 0.2) is 11.3 Å². The number of nitrogens with zero attached hydrogens (tertiary/aromatic N) is 3. The Kier molecular flexibility index (Phi) is 5.88. The molecule has 0 fully saturated rings. The van der Waals surface area contributed by atoms with Gasteiger partial charge in [0.25, 0.3) is 5.91 Å². The Morgan fingerprint density at radius 3 is 2.64 bits per heavy atom. The topological polar surface area (TPSA) is 66.3 Å². The highest BCUT2D eigenvalue weighted by Gasteiger charge is 2.34. The highest BCUT2D eigenvalue weighted by Crippen LogP contribution is 2.33. The molecule has 0 bridgehead atoms. The zero-order valence-corrected chi connectivity index (χ0v) is 19.3. The summed E-state index contributed by atoms with van der Waals surface area (Å²) in [6.07, 6.45) is -0.442. The second-order valence-corrected chi connectivity index (χ2v) is 8.77. The van der Waals surface area contributed by atoms with Crippen molar-refractivity contribution >= 4 is 28.5 Å². The number of nitrogens with one attached hydrogen (secondary N) is 1. The summed E-state index contributed by atoms with van der Waals surface area (Å²) < 4.78 is 5.71. The maximum absolute atomic E-state index is 13.3. The number of carbonyl (C=O) groups is 1. The van der Waals surface area contributed by atoms with Gasteiger partial charge in [0.1, 0.15) is 11.4 Å². The standard InChI is InChI=1S/C26H24N4O2S/c1-3-32-22-14-13-19(15-17(22)2)24-27-21-12-8-7-11-20(21)23-25(31)28-26(29-30(23)24)33-16-18-9-5-4-6-10-18/h4-15,24H,3,16H2,1-2H3,(H,28,29,31)/t24-/m0/s1. The SMILES string of the molecule is CCOc1ccc([C@H]2N=c3ccccc3=C3C(=O)NC(SCc4ccccc4)=NN32)cc1C. The van der Waals surface area contributed by atoms with Gasteiger partial charge in [-0.15, -0.1) is 5.10 Å². The van der Waals surface area contributed by atoms with Crippen LogP contribution in [0.25, 0.3) is 5.70 Å². The first-order valence-electron chi connectivity index (χ1n) is 10.9. The Bertz CT molecular complexity index is 1350. The molecule has 5 rings (SSSR count). The van der Waals surface area contributed by atoms with Crippen LogP contribution >= 0.6 is 11.8 Å². The van der Waals surface area contributed by atoms with Gasteiger partial charge in [-0.3, -0.25) is 15.1 Å². The molecule has 1 N–H and O–H groups in total. The second kappa shape index (κ2) is 9.11. The van der Waals surface area contributed by atoms with Crippen LogP contribution in [0.5, 0.6) is 5.75 Å². The highest BCUT2D eigenvalue weighted by atomic mass is 32.2. The Hall–Kier alpha value is -3.58. The average molecular weight is 457 g/mol. The predicted octanol–water partition coefficient (Wildman–Crippen LogP) is 3.47. The molecule has 0 saturated carbocycles. The number of rotatable bonds is 5. The molecule has 6 nitrogen and oxygen atoms in total. The van der Waals surface area contributed by atoms with Crippen molar-refractivity contribution in [3.05, 3.63) is 100 Å². The molecular formula is C26H24N4O2S. The van der Waals surface area contributed by atoms with E-state index in [4.69, 9.17) is 14.8 Å². The summed E-state index contributed by atoms with van der Waals surface area (Å²) in [6, 6.07) is 23.8. The summed E-state index contributed by atoms with van der Waals surface area (Å²) in [5.41, 5.74) is 3.66. The molecule has 2 heterocycles. The van der Waals surface area contributed by atoms with Crippen LogP contribution in [0.15, 0.2) is 82.9 Å². The van der Waals surface area contributed by atoms with Crippen molar-refractivity contribution in [2.75, 3.05) is 6.61 Å². The molecule has 0 aliphatic carbocycles. The van der Waals surface area contributed by atoms with Gasteiger partial charge in [-0.2, -0.15) is 0 Å². The first-order valence-corrected chi connectivity index (χ1v) is 11.9. The van der Waals surface area contributed by atoms with Crippen molar-refractivity contribution in [2.24, 2.45) is 10.1 Å². The lowest BCUT2D eigenvalue weighted by Gasteiger charge is -2.34. The summed E-state index contributed by atoms with van der Waals surface area (Å²) in [6.45, 7) is 4.60. The van der Waals surface area contributed by atoms with Crippen molar-refractivity contribution < 1.29 is 9.53 Å². The fourth-order valence-corrected chi connectivity index (χ4v) is 4.79. The first kappa shape index (κ1) is 21.3. The number of fused-ring (bicyclic) bond motifs is 2. The van der Waals surface area contributed by atoms with E-state index in [9.17, 15) is 4.79 Å². The largest absolute Gasteiger partial charge is 0.494 e. The number of hydrogen-bond acceptors (Lipinski definition) is 6. The van der Waals surface area contributed by atoms with E-state index in [2.05, 4.69) is 23.5 Å². The van der Waals surface area contributed by atoms with Gasteiger partial charge in [0.05, 0.1) is 12.0 Å². The Morgan fingerprint density at radius 1 is 1.06 bits per heavy atom. The minimum absolute atomic E-state index is 0.171. The molecule has 0 aromatic heterocycles. The molecular weight excluding hydrogens is 432 g/mol. The van der Waals surface area contributed by atoms with Crippen molar-refractivity contribution in [3.8, 4) is 5.75 Å². The molecule has 0 unspecified atom stereocenters.